The van der Waals surface area contributed by atoms with Crippen molar-refractivity contribution in [3.05, 3.63) is 41.4 Å². The number of aromatic nitrogens is 4. The molecular weight excluding hydrogens is 268 g/mol. The molecule has 0 saturated heterocycles. The van der Waals surface area contributed by atoms with Gasteiger partial charge in [0, 0.05) is 10.6 Å². The highest BCUT2D eigenvalue weighted by Gasteiger charge is 2.03. The molecule has 0 fully saturated rings. The number of rotatable bonds is 5. The first-order valence-electron chi connectivity index (χ1n) is 5.32. The van der Waals surface area contributed by atoms with Crippen LogP contribution in [-0.2, 0) is 0 Å². The molecule has 0 unspecified atom stereocenters. The Labute approximate surface area is 114 Å². The number of hydrogen-bond acceptors (Lipinski definition) is 6. The average molecular weight is 279 g/mol. The van der Waals surface area contributed by atoms with Crippen molar-refractivity contribution in [2.45, 2.75) is 0 Å². The fourth-order valence-electron chi connectivity index (χ4n) is 1.29. The van der Waals surface area contributed by atoms with E-state index < -0.39 is 0 Å². The third-order valence-corrected chi connectivity index (χ3v) is 2.35. The summed E-state index contributed by atoms with van der Waals surface area (Å²) in [6, 6.07) is 5.18. The van der Waals surface area contributed by atoms with Crippen LogP contribution in [0.1, 0.15) is 5.56 Å². The van der Waals surface area contributed by atoms with E-state index >= 15 is 0 Å². The molecule has 2 N–H and O–H groups in total. The van der Waals surface area contributed by atoms with Crippen LogP contribution in [0.4, 0.5) is 5.95 Å². The summed E-state index contributed by atoms with van der Waals surface area (Å²) in [5.74, 6) is 0.714. The first kappa shape index (κ1) is 13.0. The molecule has 0 radical (unpaired) electrons. The summed E-state index contributed by atoms with van der Waals surface area (Å²) in [7, 11) is 0. The van der Waals surface area contributed by atoms with E-state index in [1.165, 1.54) is 6.21 Å². The van der Waals surface area contributed by atoms with E-state index in [4.69, 9.17) is 22.1 Å². The predicted molar refractivity (Wildman–Crippen MR) is 72.4 cm³/mol. The Hall–Kier alpha value is -2.41. The minimum atomic E-state index is 0.0897. The van der Waals surface area contributed by atoms with Crippen LogP contribution in [0.25, 0.3) is 0 Å². The third kappa shape index (κ3) is 3.29. The van der Waals surface area contributed by atoms with Gasteiger partial charge in [0.15, 0.2) is 0 Å². The van der Waals surface area contributed by atoms with Crippen LogP contribution in [0.2, 0.25) is 5.02 Å². The van der Waals surface area contributed by atoms with Gasteiger partial charge in [-0.05, 0) is 28.6 Å². The zero-order valence-electron chi connectivity index (χ0n) is 9.90. The first-order valence-corrected chi connectivity index (χ1v) is 5.70. The van der Waals surface area contributed by atoms with Crippen molar-refractivity contribution in [3.8, 4) is 5.75 Å². The molecule has 0 saturated carbocycles. The van der Waals surface area contributed by atoms with Gasteiger partial charge in [-0.25, -0.2) is 0 Å². The number of anilines is 1. The number of tetrazole rings is 1. The standard InChI is InChI=1S/C11H11ClN6O/c1-2-5-19-10-4-3-9(12)6-8(10)7-14-18-11(13)15-16-17-18/h2-4,6-7H,1,5H2,(H2,13,15,17). The van der Waals surface area contributed by atoms with Crippen LogP contribution in [0.15, 0.2) is 36.0 Å². The molecule has 0 amide bonds. The molecule has 2 aromatic rings. The fourth-order valence-corrected chi connectivity index (χ4v) is 1.47. The molecule has 0 bridgehead atoms. The quantitative estimate of drug-likeness (QED) is 0.658. The van der Waals surface area contributed by atoms with Crippen LogP contribution < -0.4 is 10.5 Å². The number of benzene rings is 1. The average Bonchev–Trinajstić information content (AvgIpc) is 2.81. The highest BCUT2D eigenvalue weighted by Crippen LogP contribution is 2.21. The van der Waals surface area contributed by atoms with Crippen molar-refractivity contribution >= 4 is 23.8 Å². The Morgan fingerprint density at radius 1 is 1.53 bits per heavy atom. The van der Waals surface area contributed by atoms with E-state index in [1.54, 1.807) is 24.3 Å². The molecule has 2 rings (SSSR count). The van der Waals surface area contributed by atoms with Gasteiger partial charge in [-0.3, -0.25) is 0 Å². The zero-order valence-corrected chi connectivity index (χ0v) is 10.7. The molecule has 1 aromatic heterocycles. The first-order chi connectivity index (χ1) is 9.20. The molecular formula is C11H11ClN6O. The number of hydrogen-bond donors (Lipinski definition) is 1. The summed E-state index contributed by atoms with van der Waals surface area (Å²) in [4.78, 5) is 1.10. The highest BCUT2D eigenvalue weighted by molar-refractivity contribution is 6.30. The van der Waals surface area contributed by atoms with Crippen molar-refractivity contribution in [2.24, 2.45) is 5.10 Å². The smallest absolute Gasteiger partial charge is 0.263 e. The minimum Gasteiger partial charge on any atom is -0.489 e. The summed E-state index contributed by atoms with van der Waals surface area (Å²) < 4.78 is 5.48. The van der Waals surface area contributed by atoms with Crippen molar-refractivity contribution in [2.75, 3.05) is 12.3 Å². The molecule has 19 heavy (non-hydrogen) atoms. The van der Waals surface area contributed by atoms with Gasteiger partial charge >= 0.3 is 0 Å². The van der Waals surface area contributed by atoms with Gasteiger partial charge in [-0.15, -0.1) is 0 Å². The zero-order chi connectivity index (χ0) is 13.7. The Morgan fingerprint density at radius 3 is 3.05 bits per heavy atom. The van der Waals surface area contributed by atoms with Crippen LogP contribution in [0, 0.1) is 0 Å². The molecule has 98 valence electrons. The lowest BCUT2D eigenvalue weighted by atomic mass is 10.2. The van der Waals surface area contributed by atoms with Crippen molar-refractivity contribution in [1.82, 2.24) is 20.3 Å². The maximum atomic E-state index is 5.93. The second-order valence-corrected chi connectivity index (χ2v) is 3.89. The maximum Gasteiger partial charge on any atom is 0.263 e. The second kappa shape index (κ2) is 5.96. The summed E-state index contributed by atoms with van der Waals surface area (Å²) >= 11 is 5.93. The number of ether oxygens (including phenoxy) is 1. The Bertz CT molecular complexity index is 609. The van der Waals surface area contributed by atoms with E-state index in [9.17, 15) is 0 Å². The predicted octanol–water partition coefficient (Wildman–Crippen LogP) is 1.36. The van der Waals surface area contributed by atoms with Gasteiger partial charge in [0.2, 0.25) is 0 Å². The van der Waals surface area contributed by atoms with Crippen LogP contribution in [0.5, 0.6) is 5.75 Å². The van der Waals surface area contributed by atoms with Gasteiger partial charge < -0.3 is 10.5 Å². The van der Waals surface area contributed by atoms with E-state index in [-0.39, 0.29) is 5.95 Å². The van der Waals surface area contributed by atoms with Gasteiger partial charge in [-0.1, -0.05) is 34.1 Å². The Balaban J connectivity index is 2.27. The molecule has 0 aliphatic carbocycles. The normalized spacial score (nSPS) is 10.8. The van der Waals surface area contributed by atoms with Crippen molar-refractivity contribution in [3.63, 3.8) is 0 Å². The molecule has 7 nitrogen and oxygen atoms in total. The molecule has 1 aromatic carbocycles. The number of nitrogens with zero attached hydrogens (tertiary/aromatic N) is 5. The van der Waals surface area contributed by atoms with E-state index in [0.29, 0.717) is 22.9 Å². The summed E-state index contributed by atoms with van der Waals surface area (Å²) in [5, 5.41) is 15.1. The molecule has 0 spiro atoms. The lowest BCUT2D eigenvalue weighted by Crippen LogP contribution is -2.01. The van der Waals surface area contributed by atoms with Gasteiger partial charge in [0.25, 0.3) is 5.95 Å². The molecule has 0 aliphatic rings. The summed E-state index contributed by atoms with van der Waals surface area (Å²) in [5.41, 5.74) is 6.18. The fraction of sp³-hybridized carbons (Fsp3) is 0.0909. The van der Waals surface area contributed by atoms with Gasteiger partial charge in [0.05, 0.1) is 6.21 Å². The van der Waals surface area contributed by atoms with Gasteiger partial charge in [0.1, 0.15) is 12.4 Å². The molecule has 1 heterocycles. The van der Waals surface area contributed by atoms with Crippen LogP contribution >= 0.6 is 11.6 Å². The second-order valence-electron chi connectivity index (χ2n) is 3.45. The SMILES string of the molecule is C=CCOc1ccc(Cl)cc1C=Nn1nnnc1N. The Kier molecular flexibility index (Phi) is 4.09. The summed E-state index contributed by atoms with van der Waals surface area (Å²) in [6.45, 7) is 3.97. The van der Waals surface area contributed by atoms with Crippen LogP contribution in [0.3, 0.4) is 0 Å². The third-order valence-electron chi connectivity index (χ3n) is 2.11. The molecule has 0 aliphatic heterocycles. The largest absolute Gasteiger partial charge is 0.489 e. The van der Waals surface area contributed by atoms with E-state index in [0.717, 1.165) is 4.79 Å². The van der Waals surface area contributed by atoms with Crippen LogP contribution in [-0.4, -0.2) is 33.1 Å². The van der Waals surface area contributed by atoms with E-state index in [2.05, 4.69) is 27.2 Å². The topological polar surface area (TPSA) is 91.2 Å². The molecule has 0 atom stereocenters. The number of nitrogen functional groups attached to an aromatic ring is 1. The lowest BCUT2D eigenvalue weighted by molar-refractivity contribution is 0.362. The molecule has 8 heteroatoms. The van der Waals surface area contributed by atoms with Crippen molar-refractivity contribution in [1.29, 1.82) is 0 Å². The highest BCUT2D eigenvalue weighted by atomic mass is 35.5. The monoisotopic (exact) mass is 278 g/mol. The summed E-state index contributed by atoms with van der Waals surface area (Å²) in [6.07, 6.45) is 3.16. The van der Waals surface area contributed by atoms with Gasteiger partial charge in [-0.2, -0.15) is 5.10 Å². The van der Waals surface area contributed by atoms with E-state index in [1.807, 2.05) is 0 Å². The Morgan fingerprint density at radius 2 is 2.37 bits per heavy atom. The lowest BCUT2D eigenvalue weighted by Gasteiger charge is -2.06. The number of halogens is 1. The van der Waals surface area contributed by atoms with Crippen molar-refractivity contribution < 1.29 is 4.74 Å². The maximum absolute atomic E-state index is 5.93. The minimum absolute atomic E-state index is 0.0897. The number of nitrogens with two attached hydrogens (primary N) is 1.